The fraction of sp³-hybridized carbons (Fsp3) is 0.206. The van der Waals surface area contributed by atoms with E-state index < -0.39 is 0 Å². The van der Waals surface area contributed by atoms with Crippen LogP contribution in [0.5, 0.6) is 0 Å². The summed E-state index contributed by atoms with van der Waals surface area (Å²) >= 11 is 0. The minimum absolute atomic E-state index is 0. The van der Waals surface area contributed by atoms with Crippen molar-refractivity contribution in [2.45, 2.75) is 32.6 Å². The second-order valence-corrected chi connectivity index (χ2v) is 9.65. The van der Waals surface area contributed by atoms with E-state index in [4.69, 9.17) is 0 Å². The summed E-state index contributed by atoms with van der Waals surface area (Å²) in [4.78, 5) is 13.1. The Labute approximate surface area is 253 Å². The molecule has 0 N–H and O–H groups in total. The summed E-state index contributed by atoms with van der Waals surface area (Å²) in [5, 5.41) is 0. The smallest absolute Gasteiger partial charge is 0.0146 e. The van der Waals surface area contributed by atoms with E-state index in [2.05, 4.69) is 106 Å². The van der Waals surface area contributed by atoms with Gasteiger partial charge >= 0.3 is 0 Å². The van der Waals surface area contributed by atoms with Gasteiger partial charge < -0.3 is 24.6 Å². The molecule has 3 aliphatic rings. The minimum atomic E-state index is 0. The number of hydrogen-bond donors (Lipinski definition) is 0. The van der Waals surface area contributed by atoms with Crippen LogP contribution in [-0.2, 0) is 20.1 Å². The molecule has 209 valence electrons. The Morgan fingerprint density at radius 1 is 0.700 bits per heavy atom. The van der Waals surface area contributed by atoms with Gasteiger partial charge in [-0.3, -0.25) is 0 Å². The van der Waals surface area contributed by atoms with Gasteiger partial charge in [-0.15, -0.1) is 47.3 Å². The molecule has 0 aromatic heterocycles. The second-order valence-electron chi connectivity index (χ2n) is 9.65. The van der Waals surface area contributed by atoms with E-state index in [-0.39, 0.29) is 20.1 Å². The van der Waals surface area contributed by atoms with Crippen molar-refractivity contribution in [1.82, 2.24) is 9.80 Å². The monoisotopic (exact) mass is 705 g/mol. The van der Waals surface area contributed by atoms with Crippen LogP contribution in [0, 0.1) is 31.5 Å². The molecule has 1 radical (unpaired) electrons. The van der Waals surface area contributed by atoms with E-state index >= 15 is 0 Å². The van der Waals surface area contributed by atoms with Crippen molar-refractivity contribution in [2.24, 2.45) is 4.99 Å². The molecule has 0 unspecified atom stereocenters. The maximum absolute atomic E-state index is 4.40. The largest absolute Gasteiger partial charge is 0.508 e. The topological polar surface area (TPSA) is 25.3 Å². The van der Waals surface area contributed by atoms with E-state index in [9.17, 15) is 0 Å². The quantitative estimate of drug-likeness (QED) is 0.184. The van der Waals surface area contributed by atoms with Crippen molar-refractivity contribution in [3.63, 3.8) is 0 Å². The predicted molar refractivity (Wildman–Crippen MR) is 160 cm³/mol. The summed E-state index contributed by atoms with van der Waals surface area (Å²) < 4.78 is 0. The molecular formula is C34H34IrN5-5. The van der Waals surface area contributed by atoms with Crippen molar-refractivity contribution in [1.29, 1.82) is 0 Å². The normalized spacial score (nSPS) is 15.8. The van der Waals surface area contributed by atoms with Gasteiger partial charge in [0.05, 0.1) is 0 Å². The molecule has 6 rings (SSSR count). The number of anilines is 2. The molecule has 3 aromatic rings. The van der Waals surface area contributed by atoms with Crippen LogP contribution in [0.2, 0.25) is 0 Å². The molecule has 6 heteroatoms. The molecule has 3 aliphatic heterocycles. The summed E-state index contributed by atoms with van der Waals surface area (Å²) in [6.45, 7) is 8.41. The first-order chi connectivity index (χ1) is 19.2. The number of unbranched alkanes of at least 4 members (excludes halogenated alkanes) is 1. The zero-order chi connectivity index (χ0) is 26.7. The minimum Gasteiger partial charge on any atom is -0.508 e. The third-order valence-corrected chi connectivity index (χ3v) is 6.62. The number of rotatable bonds is 8. The first-order valence-electron chi connectivity index (χ1n) is 13.5. The van der Waals surface area contributed by atoms with Crippen molar-refractivity contribution in [3.8, 4) is 0 Å². The van der Waals surface area contributed by atoms with Crippen LogP contribution < -0.4 is 9.80 Å². The second kappa shape index (κ2) is 15.3. The molecule has 0 atom stereocenters. The summed E-state index contributed by atoms with van der Waals surface area (Å²) in [6, 6.07) is 33.7. The Hall–Kier alpha value is -3.60. The number of benzene rings is 3. The van der Waals surface area contributed by atoms with E-state index in [1.807, 2.05) is 60.8 Å². The molecule has 0 bridgehead atoms. The molecule has 0 saturated carbocycles. The van der Waals surface area contributed by atoms with Gasteiger partial charge in [0, 0.05) is 26.3 Å². The summed E-state index contributed by atoms with van der Waals surface area (Å²) in [6.07, 6.45) is 14.8. The molecule has 3 heterocycles. The van der Waals surface area contributed by atoms with Crippen molar-refractivity contribution >= 4 is 17.1 Å². The molecule has 0 aliphatic carbocycles. The number of para-hydroxylation sites is 2. The Morgan fingerprint density at radius 2 is 1.25 bits per heavy atom. The Bertz CT molecular complexity index is 1220. The molecular weight excluding hydrogens is 671 g/mol. The van der Waals surface area contributed by atoms with E-state index in [0.29, 0.717) is 0 Å². The fourth-order valence-corrected chi connectivity index (χ4v) is 4.43. The number of aliphatic imine (C=N–C) groups is 1. The summed E-state index contributed by atoms with van der Waals surface area (Å²) in [5.41, 5.74) is 5.79. The van der Waals surface area contributed by atoms with E-state index in [0.717, 1.165) is 61.4 Å². The van der Waals surface area contributed by atoms with Gasteiger partial charge in [0.25, 0.3) is 0 Å². The van der Waals surface area contributed by atoms with Gasteiger partial charge in [-0.1, -0.05) is 5.57 Å². The van der Waals surface area contributed by atoms with E-state index in [1.54, 1.807) is 0 Å². The number of hydrogen-bond acceptors (Lipinski definition) is 5. The van der Waals surface area contributed by atoms with Crippen LogP contribution in [0.25, 0.3) is 0 Å². The van der Waals surface area contributed by atoms with Crippen LogP contribution in [0.15, 0.2) is 114 Å². The third kappa shape index (κ3) is 8.45. The summed E-state index contributed by atoms with van der Waals surface area (Å²) in [5.74, 6) is 0. The molecule has 0 amide bonds. The molecule has 0 saturated heterocycles. The molecule has 5 nitrogen and oxygen atoms in total. The average Bonchev–Trinajstić information content (AvgIpc) is 3.68. The van der Waals surface area contributed by atoms with Crippen LogP contribution in [0.3, 0.4) is 0 Å². The van der Waals surface area contributed by atoms with Gasteiger partial charge in [-0.05, 0) is 76.2 Å². The molecule has 0 fully saturated rings. The standard InChI is InChI=1S/C22H22N4.C12H12N.Ir/c1-3-9-21(10-4-1)25-17-15-23(19-25)13-7-8-14-24-16-18-26(20-24)22-11-5-2-6-12-22;1-10-7-8-12(13-9-10)11-5-3-2-4-6-11;/h1-6,9,11,15-20H,7-8,13-14H2;2-5,9H,7-8H2,1H3;/q-4;-1;. The van der Waals surface area contributed by atoms with E-state index in [1.165, 1.54) is 5.57 Å². The van der Waals surface area contributed by atoms with Gasteiger partial charge in [0.15, 0.2) is 0 Å². The molecule has 3 aromatic carbocycles. The summed E-state index contributed by atoms with van der Waals surface area (Å²) in [7, 11) is 0. The van der Waals surface area contributed by atoms with Gasteiger partial charge in [-0.2, -0.15) is 74.0 Å². The van der Waals surface area contributed by atoms with Crippen LogP contribution >= 0.6 is 0 Å². The van der Waals surface area contributed by atoms with Crippen LogP contribution in [0.1, 0.15) is 38.2 Å². The molecule has 0 spiro atoms. The predicted octanol–water partition coefficient (Wildman–Crippen LogP) is 7.16. The average molecular weight is 705 g/mol. The fourth-order valence-electron chi connectivity index (χ4n) is 4.43. The number of nitrogens with zero attached hydrogens (tertiary/aromatic N) is 5. The number of allylic oxidation sites excluding steroid dienone is 1. The van der Waals surface area contributed by atoms with Gasteiger partial charge in [0.2, 0.25) is 0 Å². The zero-order valence-corrected chi connectivity index (χ0v) is 25.2. The maximum atomic E-state index is 4.40. The SMILES string of the molecule is CC1=CN=C(c2[c-]cccc2)CC1.[Ir].[c-]1ccccc1N1C=CN(CCCCN2C=CN(c3[c-]cccc3)[CH-]2)[CH-]1. The van der Waals surface area contributed by atoms with Crippen LogP contribution in [0.4, 0.5) is 11.4 Å². The van der Waals surface area contributed by atoms with Gasteiger partial charge in [-0.25, -0.2) is 0 Å². The van der Waals surface area contributed by atoms with Crippen LogP contribution in [-0.4, -0.2) is 28.6 Å². The molecule has 40 heavy (non-hydrogen) atoms. The van der Waals surface area contributed by atoms with Gasteiger partial charge in [0.1, 0.15) is 0 Å². The van der Waals surface area contributed by atoms with Crippen molar-refractivity contribution < 1.29 is 20.1 Å². The first kappa shape index (κ1) is 29.4. The Morgan fingerprint density at radius 3 is 1.70 bits per heavy atom. The van der Waals surface area contributed by atoms with Crippen molar-refractivity contribution in [3.05, 3.63) is 146 Å². The Kier molecular flexibility index (Phi) is 11.2. The van der Waals surface area contributed by atoms with Crippen molar-refractivity contribution in [2.75, 3.05) is 22.9 Å². The maximum Gasteiger partial charge on any atom is 0.0146 e. The Balaban J connectivity index is 0.000000223. The first-order valence-corrected chi connectivity index (χ1v) is 13.5. The zero-order valence-electron chi connectivity index (χ0n) is 22.8. The third-order valence-electron chi connectivity index (χ3n) is 6.62.